The van der Waals surface area contributed by atoms with E-state index in [0.717, 1.165) is 42.9 Å². The number of aromatic nitrogens is 1. The van der Waals surface area contributed by atoms with Gasteiger partial charge in [-0.2, -0.15) is 0 Å². The summed E-state index contributed by atoms with van der Waals surface area (Å²) in [6, 6.07) is 5.07. The minimum atomic E-state index is -0.621. The fourth-order valence-electron chi connectivity index (χ4n) is 4.22. The topological polar surface area (TPSA) is 127 Å². The summed E-state index contributed by atoms with van der Waals surface area (Å²) in [4.78, 5) is 42.6. The maximum atomic E-state index is 13.2. The van der Waals surface area contributed by atoms with E-state index < -0.39 is 12.5 Å². The van der Waals surface area contributed by atoms with Crippen LogP contribution in [0.25, 0.3) is 11.6 Å². The molecule has 3 amide bonds. The zero-order chi connectivity index (χ0) is 22.8. The fraction of sp³-hybridized carbons (Fsp3) is 0.348. The van der Waals surface area contributed by atoms with Gasteiger partial charge in [0.2, 0.25) is 5.91 Å². The molecule has 1 aromatic carbocycles. The van der Waals surface area contributed by atoms with E-state index in [-0.39, 0.29) is 11.8 Å². The van der Waals surface area contributed by atoms with Gasteiger partial charge >= 0.3 is 0 Å². The summed E-state index contributed by atoms with van der Waals surface area (Å²) in [6.45, 7) is 3.37. The number of anilines is 2. The highest BCUT2D eigenvalue weighted by Gasteiger charge is 2.29. The molecule has 0 saturated heterocycles. The number of aliphatic hydroxyl groups is 1. The Morgan fingerprint density at radius 3 is 2.88 bits per heavy atom. The van der Waals surface area contributed by atoms with Gasteiger partial charge in [0, 0.05) is 48.0 Å². The summed E-state index contributed by atoms with van der Waals surface area (Å²) in [5.41, 5.74) is 5.35. The zero-order valence-electron chi connectivity index (χ0n) is 18.2. The highest BCUT2D eigenvalue weighted by atomic mass is 16.3. The number of H-pyrrole nitrogens is 1. The molecule has 2 aromatic rings. The third-order valence-corrected chi connectivity index (χ3v) is 5.87. The van der Waals surface area contributed by atoms with E-state index in [2.05, 4.69) is 20.9 Å². The van der Waals surface area contributed by atoms with E-state index in [1.807, 2.05) is 18.9 Å². The molecule has 0 bridgehead atoms. The van der Waals surface area contributed by atoms with Gasteiger partial charge in [0.1, 0.15) is 6.61 Å². The largest absolute Gasteiger partial charge is 0.387 e. The lowest BCUT2D eigenvalue weighted by atomic mass is 10.0. The number of fused-ring (bicyclic) bond motifs is 2. The SMILES string of the molecule is CNCCN1CCCc2[nH]c(/C=C3\C(=O)Nc4ccc(NC(=O)CO)cc43)c(C)c2C1=O. The summed E-state index contributed by atoms with van der Waals surface area (Å²) >= 11 is 0. The predicted molar refractivity (Wildman–Crippen MR) is 122 cm³/mol. The molecule has 9 nitrogen and oxygen atoms in total. The lowest BCUT2D eigenvalue weighted by Crippen LogP contribution is -2.36. The van der Waals surface area contributed by atoms with E-state index in [9.17, 15) is 14.4 Å². The lowest BCUT2D eigenvalue weighted by Gasteiger charge is -2.20. The molecule has 0 saturated carbocycles. The molecular formula is C23H27N5O4. The number of nitrogens with one attached hydrogen (secondary N) is 4. The summed E-state index contributed by atoms with van der Waals surface area (Å²) in [5.74, 6) is -0.772. The number of carbonyl (C=O) groups is 3. The van der Waals surface area contributed by atoms with E-state index in [1.54, 1.807) is 24.3 Å². The van der Waals surface area contributed by atoms with Crippen LogP contribution in [0.4, 0.5) is 11.4 Å². The van der Waals surface area contributed by atoms with Gasteiger partial charge in [-0.05, 0) is 56.7 Å². The van der Waals surface area contributed by atoms with Crippen molar-refractivity contribution in [1.82, 2.24) is 15.2 Å². The number of nitrogens with zero attached hydrogens (tertiary/aromatic N) is 1. The Bertz CT molecular complexity index is 1120. The summed E-state index contributed by atoms with van der Waals surface area (Å²) < 4.78 is 0. The molecule has 5 N–H and O–H groups in total. The lowest BCUT2D eigenvalue weighted by molar-refractivity contribution is -0.118. The van der Waals surface area contributed by atoms with Crippen molar-refractivity contribution in [3.8, 4) is 0 Å². The quantitative estimate of drug-likeness (QED) is 0.436. The van der Waals surface area contributed by atoms with Gasteiger partial charge < -0.3 is 30.9 Å². The third kappa shape index (κ3) is 4.04. The van der Waals surface area contributed by atoms with Crippen LogP contribution in [0.5, 0.6) is 0 Å². The van der Waals surface area contributed by atoms with Crippen LogP contribution in [0.15, 0.2) is 18.2 Å². The van der Waals surface area contributed by atoms with Gasteiger partial charge in [0.15, 0.2) is 0 Å². The smallest absolute Gasteiger partial charge is 0.256 e. The molecule has 9 heteroatoms. The van der Waals surface area contributed by atoms with E-state index in [4.69, 9.17) is 5.11 Å². The second kappa shape index (κ2) is 8.97. The minimum absolute atomic E-state index is 0.0106. The van der Waals surface area contributed by atoms with Crippen LogP contribution in [0.3, 0.4) is 0 Å². The Kier molecular flexibility index (Phi) is 6.11. The van der Waals surface area contributed by atoms with Crippen LogP contribution in [-0.2, 0) is 16.0 Å². The van der Waals surface area contributed by atoms with Gasteiger partial charge in [-0.1, -0.05) is 0 Å². The number of hydrogen-bond acceptors (Lipinski definition) is 5. The highest BCUT2D eigenvalue weighted by Crippen LogP contribution is 2.36. The highest BCUT2D eigenvalue weighted by molar-refractivity contribution is 6.35. The first-order valence-corrected chi connectivity index (χ1v) is 10.7. The molecule has 4 rings (SSSR count). The number of rotatable bonds is 6. The number of amides is 3. The Morgan fingerprint density at radius 2 is 2.12 bits per heavy atom. The second-order valence-electron chi connectivity index (χ2n) is 8.00. The Morgan fingerprint density at radius 1 is 1.31 bits per heavy atom. The number of aryl methyl sites for hydroxylation is 1. The van der Waals surface area contributed by atoms with Gasteiger partial charge in [-0.15, -0.1) is 0 Å². The van der Waals surface area contributed by atoms with E-state index in [1.165, 1.54) is 0 Å². The van der Waals surface area contributed by atoms with E-state index in [0.29, 0.717) is 34.6 Å². The molecular weight excluding hydrogens is 410 g/mol. The first kappa shape index (κ1) is 21.8. The van der Waals surface area contributed by atoms with Crippen LogP contribution in [0.1, 0.15) is 39.3 Å². The van der Waals surface area contributed by atoms with Crippen LogP contribution in [-0.4, -0.2) is 66.0 Å². The summed E-state index contributed by atoms with van der Waals surface area (Å²) in [5, 5.41) is 17.5. The molecule has 0 atom stereocenters. The van der Waals surface area contributed by atoms with Crippen molar-refractivity contribution >= 4 is 40.7 Å². The van der Waals surface area contributed by atoms with Gasteiger partial charge in [0.25, 0.3) is 11.8 Å². The molecule has 0 unspecified atom stereocenters. The number of hydrogen-bond donors (Lipinski definition) is 5. The van der Waals surface area contributed by atoms with Gasteiger partial charge in [-0.3, -0.25) is 14.4 Å². The van der Waals surface area contributed by atoms with Crippen LogP contribution >= 0.6 is 0 Å². The average molecular weight is 438 g/mol. The van der Waals surface area contributed by atoms with Gasteiger partial charge in [-0.25, -0.2) is 0 Å². The summed E-state index contributed by atoms with van der Waals surface area (Å²) in [6.07, 6.45) is 3.39. The zero-order valence-corrected chi connectivity index (χ0v) is 18.2. The number of likely N-dealkylation sites (N-methyl/N-ethyl adjacent to an activating group) is 1. The predicted octanol–water partition coefficient (Wildman–Crippen LogP) is 1.35. The van der Waals surface area contributed by atoms with Crippen molar-refractivity contribution in [3.05, 3.63) is 46.3 Å². The fourth-order valence-corrected chi connectivity index (χ4v) is 4.22. The van der Waals surface area contributed by atoms with Crippen molar-refractivity contribution < 1.29 is 19.5 Å². The molecule has 0 spiro atoms. The van der Waals surface area contributed by atoms with Gasteiger partial charge in [0.05, 0.1) is 11.1 Å². The standard InChI is InChI=1S/C23H27N5O4/c1-13-19(26-18-4-3-8-28(9-7-24-2)23(32)21(13)18)11-16-15-10-14(25-20(30)12-29)5-6-17(15)27-22(16)31/h5-6,10-11,24,26,29H,3-4,7-9,12H2,1-2H3,(H,25,30)(H,27,31)/b16-11-. The Hall–Kier alpha value is -3.43. The Labute approximate surface area is 185 Å². The molecule has 0 radical (unpaired) electrons. The molecule has 2 aliphatic rings. The first-order chi connectivity index (χ1) is 15.4. The molecule has 32 heavy (non-hydrogen) atoms. The molecule has 0 aliphatic carbocycles. The van der Waals surface area contributed by atoms with Crippen LogP contribution in [0, 0.1) is 6.92 Å². The van der Waals surface area contributed by atoms with E-state index >= 15 is 0 Å². The van der Waals surface area contributed by atoms with Crippen LogP contribution in [0.2, 0.25) is 0 Å². The normalized spacial score (nSPS) is 16.6. The van der Waals surface area contributed by atoms with Crippen molar-refractivity contribution in [2.75, 3.05) is 43.9 Å². The first-order valence-electron chi connectivity index (χ1n) is 10.7. The van der Waals surface area contributed by atoms with Crippen molar-refractivity contribution in [3.63, 3.8) is 0 Å². The van der Waals surface area contributed by atoms with Crippen molar-refractivity contribution in [1.29, 1.82) is 0 Å². The summed E-state index contributed by atoms with van der Waals surface area (Å²) in [7, 11) is 1.87. The number of benzene rings is 1. The number of aromatic amines is 1. The monoisotopic (exact) mass is 437 g/mol. The maximum Gasteiger partial charge on any atom is 0.256 e. The van der Waals surface area contributed by atoms with Crippen molar-refractivity contribution in [2.45, 2.75) is 19.8 Å². The van der Waals surface area contributed by atoms with Crippen molar-refractivity contribution in [2.24, 2.45) is 0 Å². The number of carbonyl (C=O) groups excluding carboxylic acids is 3. The van der Waals surface area contributed by atoms with Crippen LogP contribution < -0.4 is 16.0 Å². The second-order valence-corrected chi connectivity index (χ2v) is 8.00. The average Bonchev–Trinajstić information content (AvgIpc) is 3.19. The molecule has 168 valence electrons. The molecule has 0 fully saturated rings. The third-order valence-electron chi connectivity index (χ3n) is 5.87. The molecule has 1 aromatic heterocycles. The molecule has 2 aliphatic heterocycles. The number of aliphatic hydroxyl groups excluding tert-OH is 1. The molecule has 3 heterocycles. The minimum Gasteiger partial charge on any atom is -0.387 e. The Balaban J connectivity index is 1.70. The maximum absolute atomic E-state index is 13.2.